The second-order valence-electron chi connectivity index (χ2n) is 5.16. The SMILES string of the molecule is CNC1CCc2c1cnn2C1CCCCC1. The summed E-state index contributed by atoms with van der Waals surface area (Å²) in [4.78, 5) is 0. The van der Waals surface area contributed by atoms with Crippen molar-refractivity contribution in [3.05, 3.63) is 17.5 Å². The molecule has 3 heteroatoms. The fraction of sp³-hybridized carbons (Fsp3) is 0.769. The summed E-state index contributed by atoms with van der Waals surface area (Å²) in [5.74, 6) is 0. The summed E-state index contributed by atoms with van der Waals surface area (Å²) >= 11 is 0. The van der Waals surface area contributed by atoms with E-state index in [4.69, 9.17) is 0 Å². The molecule has 2 aliphatic carbocycles. The molecule has 0 radical (unpaired) electrons. The van der Waals surface area contributed by atoms with Gasteiger partial charge in [0.25, 0.3) is 0 Å². The summed E-state index contributed by atoms with van der Waals surface area (Å²) < 4.78 is 2.34. The van der Waals surface area contributed by atoms with Crippen LogP contribution in [0.25, 0.3) is 0 Å². The first kappa shape index (κ1) is 10.3. The highest BCUT2D eigenvalue weighted by atomic mass is 15.3. The maximum atomic E-state index is 4.64. The molecular weight excluding hydrogens is 198 g/mol. The highest BCUT2D eigenvalue weighted by Gasteiger charge is 2.28. The normalized spacial score (nSPS) is 25.9. The Morgan fingerprint density at radius 3 is 2.81 bits per heavy atom. The van der Waals surface area contributed by atoms with Gasteiger partial charge >= 0.3 is 0 Å². The van der Waals surface area contributed by atoms with E-state index in [1.54, 1.807) is 0 Å². The van der Waals surface area contributed by atoms with Gasteiger partial charge in [-0.1, -0.05) is 19.3 Å². The lowest BCUT2D eigenvalue weighted by atomic mass is 9.95. The molecule has 1 saturated carbocycles. The fourth-order valence-electron chi connectivity index (χ4n) is 3.33. The minimum atomic E-state index is 0.548. The van der Waals surface area contributed by atoms with Gasteiger partial charge in [0.1, 0.15) is 0 Å². The quantitative estimate of drug-likeness (QED) is 0.828. The third-order valence-corrected chi connectivity index (χ3v) is 4.25. The van der Waals surface area contributed by atoms with Gasteiger partial charge in [0, 0.05) is 17.3 Å². The van der Waals surface area contributed by atoms with Crippen LogP contribution in [0.2, 0.25) is 0 Å². The van der Waals surface area contributed by atoms with Crippen molar-refractivity contribution >= 4 is 0 Å². The van der Waals surface area contributed by atoms with Gasteiger partial charge in [0.15, 0.2) is 0 Å². The Balaban J connectivity index is 1.86. The molecule has 1 fully saturated rings. The largest absolute Gasteiger partial charge is 0.313 e. The van der Waals surface area contributed by atoms with Crippen LogP contribution in [0.5, 0.6) is 0 Å². The standard InChI is InChI=1S/C13H21N3/c1-14-12-7-8-13-11(12)9-15-16(13)10-5-3-2-4-6-10/h9-10,12,14H,2-8H2,1H3. The van der Waals surface area contributed by atoms with E-state index >= 15 is 0 Å². The molecule has 1 heterocycles. The van der Waals surface area contributed by atoms with Crippen molar-refractivity contribution in [3.8, 4) is 0 Å². The highest BCUT2D eigenvalue weighted by molar-refractivity contribution is 5.27. The van der Waals surface area contributed by atoms with Gasteiger partial charge in [0.2, 0.25) is 0 Å². The molecule has 0 spiro atoms. The molecule has 2 aliphatic rings. The third kappa shape index (κ3) is 1.58. The predicted molar refractivity (Wildman–Crippen MR) is 64.5 cm³/mol. The molecule has 3 nitrogen and oxygen atoms in total. The molecule has 16 heavy (non-hydrogen) atoms. The van der Waals surface area contributed by atoms with E-state index in [0.717, 1.165) is 0 Å². The molecule has 1 unspecified atom stereocenters. The smallest absolute Gasteiger partial charge is 0.0540 e. The van der Waals surface area contributed by atoms with Crippen LogP contribution in [0.3, 0.4) is 0 Å². The number of hydrogen-bond donors (Lipinski definition) is 1. The Labute approximate surface area is 97.2 Å². The lowest BCUT2D eigenvalue weighted by Crippen LogP contribution is -2.16. The van der Waals surface area contributed by atoms with Crippen molar-refractivity contribution in [3.63, 3.8) is 0 Å². The summed E-state index contributed by atoms with van der Waals surface area (Å²) in [5.41, 5.74) is 2.96. The molecule has 0 saturated heterocycles. The van der Waals surface area contributed by atoms with Crippen molar-refractivity contribution in [2.24, 2.45) is 0 Å². The van der Waals surface area contributed by atoms with E-state index in [-0.39, 0.29) is 0 Å². The molecule has 0 aromatic carbocycles. The summed E-state index contributed by atoms with van der Waals surface area (Å²) in [5, 5.41) is 8.02. The Morgan fingerprint density at radius 1 is 1.25 bits per heavy atom. The fourth-order valence-corrected chi connectivity index (χ4v) is 3.33. The molecule has 1 aromatic rings. The minimum Gasteiger partial charge on any atom is -0.313 e. The molecule has 1 aromatic heterocycles. The maximum absolute atomic E-state index is 4.64. The van der Waals surface area contributed by atoms with E-state index in [0.29, 0.717) is 12.1 Å². The number of nitrogens with one attached hydrogen (secondary N) is 1. The van der Waals surface area contributed by atoms with Gasteiger partial charge in [0.05, 0.1) is 12.2 Å². The van der Waals surface area contributed by atoms with Gasteiger partial charge < -0.3 is 5.32 Å². The highest BCUT2D eigenvalue weighted by Crippen LogP contribution is 2.35. The van der Waals surface area contributed by atoms with E-state index in [2.05, 4.69) is 28.3 Å². The molecule has 88 valence electrons. The molecule has 1 N–H and O–H groups in total. The molecule has 0 amide bonds. The van der Waals surface area contributed by atoms with E-state index in [1.165, 1.54) is 56.2 Å². The summed E-state index contributed by atoms with van der Waals surface area (Å²) in [6, 6.07) is 1.24. The van der Waals surface area contributed by atoms with Crippen LogP contribution in [0.1, 0.15) is 61.9 Å². The maximum Gasteiger partial charge on any atom is 0.0540 e. The molecular formula is C13H21N3. The molecule has 3 rings (SSSR count). The second-order valence-corrected chi connectivity index (χ2v) is 5.16. The Morgan fingerprint density at radius 2 is 2.06 bits per heavy atom. The van der Waals surface area contributed by atoms with E-state index < -0.39 is 0 Å². The lowest BCUT2D eigenvalue weighted by molar-refractivity contribution is 0.322. The zero-order valence-electron chi connectivity index (χ0n) is 10.1. The first-order chi connectivity index (χ1) is 7.90. The number of fused-ring (bicyclic) bond motifs is 1. The van der Waals surface area contributed by atoms with Gasteiger partial charge in [-0.05, 0) is 32.7 Å². The van der Waals surface area contributed by atoms with Crippen LogP contribution >= 0.6 is 0 Å². The number of rotatable bonds is 2. The Hall–Kier alpha value is -0.830. The van der Waals surface area contributed by atoms with Crippen LogP contribution in [0.4, 0.5) is 0 Å². The van der Waals surface area contributed by atoms with Crippen LogP contribution in [-0.4, -0.2) is 16.8 Å². The summed E-state index contributed by atoms with van der Waals surface area (Å²) in [6.45, 7) is 0. The average Bonchev–Trinajstić information content (AvgIpc) is 2.90. The number of nitrogens with zero attached hydrogens (tertiary/aromatic N) is 2. The molecule has 0 bridgehead atoms. The predicted octanol–water partition coefficient (Wildman–Crippen LogP) is 2.60. The number of hydrogen-bond acceptors (Lipinski definition) is 2. The Kier molecular flexibility index (Phi) is 2.72. The second kappa shape index (κ2) is 4.21. The van der Waals surface area contributed by atoms with Gasteiger partial charge in [-0.2, -0.15) is 5.10 Å². The monoisotopic (exact) mass is 219 g/mol. The van der Waals surface area contributed by atoms with Gasteiger partial charge in [-0.15, -0.1) is 0 Å². The first-order valence-corrected chi connectivity index (χ1v) is 6.63. The zero-order valence-corrected chi connectivity index (χ0v) is 10.1. The van der Waals surface area contributed by atoms with Crippen molar-refractivity contribution in [1.29, 1.82) is 0 Å². The van der Waals surface area contributed by atoms with E-state index in [9.17, 15) is 0 Å². The molecule has 0 aliphatic heterocycles. The Bertz CT molecular complexity index is 363. The topological polar surface area (TPSA) is 29.9 Å². The van der Waals surface area contributed by atoms with Gasteiger partial charge in [-0.25, -0.2) is 0 Å². The van der Waals surface area contributed by atoms with Crippen LogP contribution in [0.15, 0.2) is 6.20 Å². The van der Waals surface area contributed by atoms with Crippen molar-refractivity contribution in [2.75, 3.05) is 7.05 Å². The van der Waals surface area contributed by atoms with Crippen molar-refractivity contribution in [2.45, 2.75) is 57.0 Å². The van der Waals surface area contributed by atoms with Crippen LogP contribution in [0, 0.1) is 0 Å². The van der Waals surface area contributed by atoms with Crippen molar-refractivity contribution < 1.29 is 0 Å². The third-order valence-electron chi connectivity index (χ3n) is 4.25. The first-order valence-electron chi connectivity index (χ1n) is 6.63. The van der Waals surface area contributed by atoms with Crippen LogP contribution in [-0.2, 0) is 6.42 Å². The van der Waals surface area contributed by atoms with Gasteiger partial charge in [-0.3, -0.25) is 4.68 Å². The zero-order chi connectivity index (χ0) is 11.0. The summed E-state index contributed by atoms with van der Waals surface area (Å²) in [6.07, 6.45) is 11.4. The van der Waals surface area contributed by atoms with E-state index in [1.807, 2.05) is 0 Å². The minimum absolute atomic E-state index is 0.548. The van der Waals surface area contributed by atoms with Crippen molar-refractivity contribution in [1.82, 2.24) is 15.1 Å². The molecule has 1 atom stereocenters. The average molecular weight is 219 g/mol. The van der Waals surface area contributed by atoms with Crippen LogP contribution < -0.4 is 5.32 Å². The number of aromatic nitrogens is 2. The lowest BCUT2D eigenvalue weighted by Gasteiger charge is -2.23. The summed E-state index contributed by atoms with van der Waals surface area (Å²) in [7, 11) is 2.05.